The number of hydrogen-bond donors (Lipinski definition) is 3. The zero-order valence-corrected chi connectivity index (χ0v) is 36.5. The van der Waals surface area contributed by atoms with Gasteiger partial charge in [-0.25, -0.2) is 4.79 Å². The first-order valence-electron chi connectivity index (χ1n) is 20.2. The molecule has 0 bridgehead atoms. The summed E-state index contributed by atoms with van der Waals surface area (Å²) < 4.78 is 5.40. The zero-order valence-electron chi connectivity index (χ0n) is 36.5. The van der Waals surface area contributed by atoms with Crippen molar-refractivity contribution >= 4 is 46.4 Å². The van der Waals surface area contributed by atoms with Crippen LogP contribution in [0.25, 0.3) is 10.8 Å². The molecule has 0 heterocycles. The van der Waals surface area contributed by atoms with Crippen molar-refractivity contribution in [1.82, 2.24) is 30.7 Å². The van der Waals surface area contributed by atoms with E-state index in [1.165, 1.54) is 27.7 Å². The van der Waals surface area contributed by atoms with E-state index >= 15 is 0 Å². The molecule has 3 N–H and O–H groups in total. The molecule has 0 unspecified atom stereocenters. The summed E-state index contributed by atoms with van der Waals surface area (Å²) in [5.74, 6) is -1.85. The molecule has 0 radical (unpaired) electrons. The van der Waals surface area contributed by atoms with Gasteiger partial charge in [0.2, 0.25) is 29.5 Å². The Bertz CT molecular complexity index is 1940. The second kappa shape index (κ2) is 21.9. The largest absolute Gasteiger partial charge is 0.444 e. The summed E-state index contributed by atoms with van der Waals surface area (Å²) in [5, 5.41) is 10.5. The molecule has 6 amide bonds. The van der Waals surface area contributed by atoms with Crippen LogP contribution < -0.4 is 16.0 Å². The summed E-state index contributed by atoms with van der Waals surface area (Å²) >= 11 is 0. The molecule has 0 spiro atoms. The van der Waals surface area contributed by atoms with E-state index in [0.29, 0.717) is 32.2 Å². The van der Waals surface area contributed by atoms with Crippen molar-refractivity contribution in [2.45, 2.75) is 109 Å². The molecule has 0 aliphatic carbocycles. The van der Waals surface area contributed by atoms with Gasteiger partial charge in [-0.1, -0.05) is 78.9 Å². The minimum Gasteiger partial charge on any atom is -0.444 e. The molecule has 0 saturated heterocycles. The van der Waals surface area contributed by atoms with E-state index in [1.54, 1.807) is 55.0 Å². The Hall–Kier alpha value is -5.72. The lowest BCUT2D eigenvalue weighted by atomic mass is 9.98. The van der Waals surface area contributed by atoms with Crippen LogP contribution in [0.3, 0.4) is 0 Å². The molecule has 0 aromatic heterocycles. The molecule has 320 valence electrons. The molecule has 0 fully saturated rings. The number of nitrogens with one attached hydrogen (secondary N) is 3. The summed E-state index contributed by atoms with van der Waals surface area (Å²) in [6.45, 7) is 10.9. The lowest BCUT2D eigenvalue weighted by Crippen LogP contribution is -2.58. The van der Waals surface area contributed by atoms with E-state index in [4.69, 9.17) is 4.74 Å². The fourth-order valence-electron chi connectivity index (χ4n) is 6.54. The van der Waals surface area contributed by atoms with Crippen LogP contribution in [0.5, 0.6) is 0 Å². The maximum atomic E-state index is 14.8. The first-order chi connectivity index (χ1) is 27.7. The number of fused-ring (bicyclic) bond motifs is 1. The van der Waals surface area contributed by atoms with Crippen molar-refractivity contribution in [3.05, 3.63) is 96.1 Å². The predicted octanol–water partition coefficient (Wildman–Crippen LogP) is 5.41. The summed E-state index contributed by atoms with van der Waals surface area (Å²) in [5.41, 5.74) is 0.213. The number of rotatable bonds is 19. The molecule has 3 aromatic carbocycles. The van der Waals surface area contributed by atoms with Gasteiger partial charge in [0.15, 0.2) is 0 Å². The average molecular weight is 813 g/mol. The van der Waals surface area contributed by atoms with Gasteiger partial charge in [-0.2, -0.15) is 0 Å². The Balaban J connectivity index is 1.95. The highest BCUT2D eigenvalue weighted by atomic mass is 16.6. The Kier molecular flexibility index (Phi) is 17.7. The monoisotopic (exact) mass is 812 g/mol. The Morgan fingerprint density at radius 1 is 0.729 bits per heavy atom. The highest BCUT2D eigenvalue weighted by Crippen LogP contribution is 2.21. The number of hydrogen-bond acceptors (Lipinski definition) is 7. The normalized spacial score (nSPS) is 13.2. The third kappa shape index (κ3) is 15.9. The van der Waals surface area contributed by atoms with Crippen LogP contribution >= 0.6 is 0 Å². The number of likely N-dealkylation sites (N-methyl/N-ethyl adjacent to an activating group) is 3. The molecule has 0 aliphatic heterocycles. The molecule has 59 heavy (non-hydrogen) atoms. The van der Waals surface area contributed by atoms with Crippen molar-refractivity contribution in [2.24, 2.45) is 0 Å². The maximum absolute atomic E-state index is 14.8. The lowest BCUT2D eigenvalue weighted by Gasteiger charge is -2.35. The van der Waals surface area contributed by atoms with Crippen LogP contribution in [0.15, 0.2) is 84.9 Å². The van der Waals surface area contributed by atoms with Gasteiger partial charge < -0.3 is 35.4 Å². The number of carbonyl (C=O) groups is 6. The zero-order chi connectivity index (χ0) is 43.9. The summed E-state index contributed by atoms with van der Waals surface area (Å²) in [4.78, 5) is 84.4. The molecule has 13 nitrogen and oxygen atoms in total. The smallest absolute Gasteiger partial charge is 0.408 e. The number of benzene rings is 3. The van der Waals surface area contributed by atoms with Gasteiger partial charge in [-0.15, -0.1) is 0 Å². The summed E-state index contributed by atoms with van der Waals surface area (Å²) in [6.07, 6.45) is 4.58. The lowest BCUT2D eigenvalue weighted by molar-refractivity contribution is -0.146. The van der Waals surface area contributed by atoms with Crippen molar-refractivity contribution in [2.75, 3.05) is 34.7 Å². The Labute approximate surface area is 349 Å². The second-order valence-electron chi connectivity index (χ2n) is 16.9. The minimum absolute atomic E-state index is 0.144. The molecular formula is C46H64N6O7. The van der Waals surface area contributed by atoms with Gasteiger partial charge in [0.25, 0.3) is 0 Å². The number of nitrogens with zero attached hydrogens (tertiary/aromatic N) is 3. The van der Waals surface area contributed by atoms with Crippen LogP contribution in [0.4, 0.5) is 4.79 Å². The van der Waals surface area contributed by atoms with Crippen LogP contribution in [-0.4, -0.2) is 114 Å². The topological polar surface area (TPSA) is 157 Å². The SMILES string of the molecule is CC(=O)NCCCC[C@H](NC(=O)[C@@H](Cc1ccccc1)N(C)C(=O)[C@@H](Cc1ccc2ccccc2c1)N(C)C(=O)/C=C/CC(C)(C)NC(=O)OC(C)(C)C)C(=O)N(C)C. The number of unbranched alkanes of at least 4 members (excludes halogenated alkanes) is 1. The number of amides is 6. The van der Waals surface area contributed by atoms with Crippen LogP contribution in [0.1, 0.15) is 78.4 Å². The minimum atomic E-state index is -1.04. The molecule has 0 aliphatic rings. The Morgan fingerprint density at radius 3 is 1.98 bits per heavy atom. The van der Waals surface area contributed by atoms with Gasteiger partial charge in [-0.3, -0.25) is 24.0 Å². The van der Waals surface area contributed by atoms with E-state index < -0.39 is 53.1 Å². The van der Waals surface area contributed by atoms with E-state index in [0.717, 1.165) is 21.9 Å². The van der Waals surface area contributed by atoms with Crippen LogP contribution in [-0.2, 0) is 41.6 Å². The Morgan fingerprint density at radius 2 is 1.36 bits per heavy atom. The maximum Gasteiger partial charge on any atom is 0.408 e. The van der Waals surface area contributed by atoms with Crippen molar-refractivity contribution in [3.8, 4) is 0 Å². The van der Waals surface area contributed by atoms with Gasteiger partial charge in [-0.05, 0) is 88.3 Å². The quantitative estimate of drug-likeness (QED) is 0.108. The second-order valence-corrected chi connectivity index (χ2v) is 16.9. The van der Waals surface area contributed by atoms with Crippen LogP contribution in [0.2, 0.25) is 0 Å². The highest BCUT2D eigenvalue weighted by molar-refractivity contribution is 5.96. The van der Waals surface area contributed by atoms with Crippen LogP contribution in [0, 0.1) is 0 Å². The fourth-order valence-corrected chi connectivity index (χ4v) is 6.54. The molecular weight excluding hydrogens is 749 g/mol. The summed E-state index contributed by atoms with van der Waals surface area (Å²) in [7, 11) is 6.35. The molecule has 3 rings (SSSR count). The number of carbonyl (C=O) groups excluding carboxylic acids is 6. The number of alkyl carbamates (subject to hydrolysis) is 1. The van der Waals surface area contributed by atoms with Gasteiger partial charge in [0, 0.05) is 60.0 Å². The molecule has 0 saturated carbocycles. The van der Waals surface area contributed by atoms with E-state index in [1.807, 2.05) is 86.6 Å². The molecule has 3 atom stereocenters. The third-order valence-electron chi connectivity index (χ3n) is 9.81. The third-order valence-corrected chi connectivity index (χ3v) is 9.81. The number of ether oxygens (including phenoxy) is 1. The van der Waals surface area contributed by atoms with Gasteiger partial charge in [0.05, 0.1) is 0 Å². The van der Waals surface area contributed by atoms with E-state index in [2.05, 4.69) is 16.0 Å². The first-order valence-corrected chi connectivity index (χ1v) is 20.2. The molecule has 13 heteroatoms. The predicted molar refractivity (Wildman–Crippen MR) is 231 cm³/mol. The fraction of sp³-hybridized carbons (Fsp3) is 0.478. The molecule has 3 aromatic rings. The summed E-state index contributed by atoms with van der Waals surface area (Å²) in [6, 6.07) is 20.1. The first kappa shape index (κ1) is 47.7. The van der Waals surface area contributed by atoms with E-state index in [9.17, 15) is 28.8 Å². The highest BCUT2D eigenvalue weighted by Gasteiger charge is 2.36. The average Bonchev–Trinajstić information content (AvgIpc) is 3.16. The van der Waals surface area contributed by atoms with E-state index in [-0.39, 0.29) is 24.7 Å². The van der Waals surface area contributed by atoms with Crippen molar-refractivity contribution in [1.29, 1.82) is 0 Å². The van der Waals surface area contributed by atoms with Crippen molar-refractivity contribution in [3.63, 3.8) is 0 Å². The standard InChI is InChI=1S/C46H64N6O7/c1-32(53)47-28-17-16-23-37(42(56)50(7)8)48-41(55)38(30-33-19-12-11-13-20-33)52(10)43(57)39(31-34-25-26-35-21-14-15-22-36(35)29-34)51(9)40(54)24-18-27-46(5,6)49-44(58)59-45(2,3)4/h11-15,18-22,24-26,29,37-39H,16-17,23,27-28,30-31H2,1-10H3,(H,47,53)(H,48,55)(H,49,58)/b24-18+/t37-,38+,39+/m0/s1. The van der Waals surface area contributed by atoms with Gasteiger partial charge >= 0.3 is 6.09 Å². The van der Waals surface area contributed by atoms with Crippen molar-refractivity contribution < 1.29 is 33.5 Å². The van der Waals surface area contributed by atoms with Gasteiger partial charge in [0.1, 0.15) is 23.7 Å².